The summed E-state index contributed by atoms with van der Waals surface area (Å²) in [5, 5.41) is 8.62. The topological polar surface area (TPSA) is 20.2 Å². The Hall–Kier alpha value is -0.0400. The fourth-order valence-corrected chi connectivity index (χ4v) is 1.65. The number of unbranched alkanes of at least 4 members (excludes halogenated alkanes) is 1. The molecule has 0 aromatic heterocycles. The van der Waals surface area contributed by atoms with Crippen molar-refractivity contribution in [3.63, 3.8) is 0 Å². The third-order valence-corrected chi connectivity index (χ3v) is 2.50. The van der Waals surface area contributed by atoms with Crippen LogP contribution in [0.4, 0.5) is 0 Å². The van der Waals surface area contributed by atoms with Crippen molar-refractivity contribution in [1.82, 2.24) is 0 Å². The summed E-state index contributed by atoms with van der Waals surface area (Å²) in [6, 6.07) is 0. The zero-order valence-corrected chi connectivity index (χ0v) is 6.84. The predicted molar refractivity (Wildman–Crippen MR) is 49.6 cm³/mol. The average Bonchev–Trinajstić information content (AvgIpc) is 2.65. The maximum atomic E-state index is 8.62. The van der Waals surface area contributed by atoms with Crippen LogP contribution in [0.5, 0.6) is 0 Å². The van der Waals surface area contributed by atoms with Crippen molar-refractivity contribution < 1.29 is 5.11 Å². The Kier molecular flexibility index (Phi) is 5.57. The molecule has 68 valence electrons. The summed E-state index contributed by atoms with van der Waals surface area (Å²) in [4.78, 5) is 0. The van der Waals surface area contributed by atoms with E-state index in [2.05, 4.69) is 6.92 Å². The molecule has 0 saturated heterocycles. The van der Waals surface area contributed by atoms with Crippen LogP contribution >= 0.6 is 0 Å². The first-order chi connectivity index (χ1) is 4.88. The molecule has 1 N–H and O–H groups in total. The van der Waals surface area contributed by atoms with Crippen molar-refractivity contribution >= 4 is 0 Å². The number of aliphatic hydroxyl groups excluding tert-OH is 1. The van der Waals surface area contributed by atoms with Gasteiger partial charge in [0.15, 0.2) is 0 Å². The predicted octanol–water partition coefficient (Wildman–Crippen LogP) is 2.83. The van der Waals surface area contributed by atoms with Gasteiger partial charge < -0.3 is 5.11 Å². The Morgan fingerprint density at radius 1 is 1.27 bits per heavy atom. The minimum absolute atomic E-state index is 0. The highest BCUT2D eigenvalue weighted by Gasteiger charge is 2.34. The number of hydrogen-bond acceptors (Lipinski definition) is 1. The lowest BCUT2D eigenvalue weighted by Crippen LogP contribution is -1.87. The van der Waals surface area contributed by atoms with E-state index in [0.29, 0.717) is 6.61 Å². The summed E-state index contributed by atoms with van der Waals surface area (Å²) in [5.41, 5.74) is 0. The lowest BCUT2D eigenvalue weighted by atomic mass is 10.1. The summed E-state index contributed by atoms with van der Waals surface area (Å²) >= 11 is 0. The number of aliphatic hydroxyl groups is 1. The van der Waals surface area contributed by atoms with Crippen molar-refractivity contribution in [2.24, 2.45) is 11.8 Å². The lowest BCUT2D eigenvalue weighted by Gasteiger charge is -1.95. The van der Waals surface area contributed by atoms with E-state index in [-0.39, 0.29) is 7.43 Å². The van der Waals surface area contributed by atoms with Gasteiger partial charge in [-0.3, -0.25) is 0 Å². The molecule has 1 aliphatic carbocycles. The molecule has 0 heterocycles. The Morgan fingerprint density at radius 2 is 1.91 bits per heavy atom. The molecule has 0 bridgehead atoms. The minimum Gasteiger partial charge on any atom is -0.396 e. The standard InChI is InChI=1S/C9H18O.CH4/c1-2-3-4-8-7-9(8)5-6-10;/h8-10H,2-7H2,1H3;1H4. The van der Waals surface area contributed by atoms with Gasteiger partial charge in [0.2, 0.25) is 0 Å². The van der Waals surface area contributed by atoms with E-state index in [1.54, 1.807) is 0 Å². The second-order valence-electron chi connectivity index (χ2n) is 3.41. The quantitative estimate of drug-likeness (QED) is 0.652. The monoisotopic (exact) mass is 158 g/mol. The van der Waals surface area contributed by atoms with Gasteiger partial charge in [-0.05, 0) is 24.7 Å². The van der Waals surface area contributed by atoms with Crippen molar-refractivity contribution in [1.29, 1.82) is 0 Å². The first-order valence-corrected chi connectivity index (χ1v) is 4.49. The van der Waals surface area contributed by atoms with Crippen LogP contribution in [0.15, 0.2) is 0 Å². The van der Waals surface area contributed by atoms with Gasteiger partial charge in [-0.25, -0.2) is 0 Å². The molecular formula is C10H22O. The van der Waals surface area contributed by atoms with Crippen LogP contribution in [-0.4, -0.2) is 11.7 Å². The largest absolute Gasteiger partial charge is 0.396 e. The number of hydrogen-bond donors (Lipinski definition) is 1. The van der Waals surface area contributed by atoms with Crippen LogP contribution < -0.4 is 0 Å². The van der Waals surface area contributed by atoms with Gasteiger partial charge in [0, 0.05) is 6.61 Å². The van der Waals surface area contributed by atoms with E-state index in [9.17, 15) is 0 Å². The molecule has 1 nitrogen and oxygen atoms in total. The normalized spacial score (nSPS) is 27.8. The molecule has 1 heteroatoms. The molecule has 1 saturated carbocycles. The van der Waals surface area contributed by atoms with E-state index >= 15 is 0 Å². The maximum absolute atomic E-state index is 8.62. The van der Waals surface area contributed by atoms with E-state index in [1.165, 1.54) is 25.7 Å². The summed E-state index contributed by atoms with van der Waals surface area (Å²) < 4.78 is 0. The number of rotatable bonds is 5. The van der Waals surface area contributed by atoms with E-state index in [4.69, 9.17) is 5.11 Å². The van der Waals surface area contributed by atoms with E-state index in [0.717, 1.165) is 18.3 Å². The molecule has 0 aromatic rings. The van der Waals surface area contributed by atoms with Gasteiger partial charge in [-0.15, -0.1) is 0 Å². The van der Waals surface area contributed by atoms with Crippen LogP contribution in [0, 0.1) is 11.8 Å². The molecule has 0 spiro atoms. The Labute approximate surface area is 70.8 Å². The maximum Gasteiger partial charge on any atom is 0.0433 e. The molecule has 1 rings (SSSR count). The van der Waals surface area contributed by atoms with Gasteiger partial charge in [-0.1, -0.05) is 33.6 Å². The summed E-state index contributed by atoms with van der Waals surface area (Å²) in [7, 11) is 0. The van der Waals surface area contributed by atoms with Crippen LogP contribution in [0.25, 0.3) is 0 Å². The molecule has 0 amide bonds. The molecule has 1 aliphatic rings. The van der Waals surface area contributed by atoms with E-state index in [1.807, 2.05) is 0 Å². The van der Waals surface area contributed by atoms with Gasteiger partial charge >= 0.3 is 0 Å². The first-order valence-electron chi connectivity index (χ1n) is 4.49. The third-order valence-electron chi connectivity index (χ3n) is 2.50. The fraction of sp³-hybridized carbons (Fsp3) is 1.00. The van der Waals surface area contributed by atoms with Gasteiger partial charge in [0.1, 0.15) is 0 Å². The Morgan fingerprint density at radius 3 is 2.45 bits per heavy atom. The lowest BCUT2D eigenvalue weighted by molar-refractivity contribution is 0.276. The SMILES string of the molecule is C.CCCCC1CC1CCO. The molecule has 1 fully saturated rings. The third kappa shape index (κ3) is 3.76. The second-order valence-corrected chi connectivity index (χ2v) is 3.41. The smallest absolute Gasteiger partial charge is 0.0433 e. The van der Waals surface area contributed by atoms with Crippen LogP contribution in [0.1, 0.15) is 46.5 Å². The molecular weight excluding hydrogens is 136 g/mol. The molecule has 0 aromatic carbocycles. The zero-order chi connectivity index (χ0) is 7.40. The molecule has 2 unspecified atom stereocenters. The molecule has 2 atom stereocenters. The molecule has 11 heavy (non-hydrogen) atoms. The van der Waals surface area contributed by atoms with Crippen LogP contribution in [0.3, 0.4) is 0 Å². The fourth-order valence-electron chi connectivity index (χ4n) is 1.65. The van der Waals surface area contributed by atoms with E-state index < -0.39 is 0 Å². The zero-order valence-electron chi connectivity index (χ0n) is 6.84. The Balaban J connectivity index is 0.000001000. The summed E-state index contributed by atoms with van der Waals surface area (Å²) in [5.74, 6) is 1.86. The van der Waals surface area contributed by atoms with Crippen molar-refractivity contribution in [2.75, 3.05) is 6.61 Å². The molecule has 0 aliphatic heterocycles. The van der Waals surface area contributed by atoms with Crippen molar-refractivity contribution in [3.05, 3.63) is 0 Å². The van der Waals surface area contributed by atoms with Crippen molar-refractivity contribution in [3.8, 4) is 0 Å². The van der Waals surface area contributed by atoms with Gasteiger partial charge in [0.05, 0.1) is 0 Å². The van der Waals surface area contributed by atoms with Crippen LogP contribution in [0.2, 0.25) is 0 Å². The summed E-state index contributed by atoms with van der Waals surface area (Å²) in [6.07, 6.45) is 6.55. The van der Waals surface area contributed by atoms with Crippen LogP contribution in [-0.2, 0) is 0 Å². The highest BCUT2D eigenvalue weighted by molar-refractivity contribution is 4.85. The second kappa shape index (κ2) is 5.59. The highest BCUT2D eigenvalue weighted by Crippen LogP contribution is 2.44. The Bertz CT molecular complexity index is 90.9. The van der Waals surface area contributed by atoms with Crippen molar-refractivity contribution in [2.45, 2.75) is 46.5 Å². The first kappa shape index (κ1) is 11.0. The summed E-state index contributed by atoms with van der Waals surface area (Å²) in [6.45, 7) is 2.64. The highest BCUT2D eigenvalue weighted by atomic mass is 16.3. The minimum atomic E-state index is 0. The average molecular weight is 158 g/mol. The van der Waals surface area contributed by atoms with Gasteiger partial charge in [0.25, 0.3) is 0 Å². The van der Waals surface area contributed by atoms with Gasteiger partial charge in [-0.2, -0.15) is 0 Å². The molecule has 0 radical (unpaired) electrons.